The van der Waals surface area contributed by atoms with E-state index in [0.29, 0.717) is 25.9 Å². The van der Waals surface area contributed by atoms with Gasteiger partial charge in [0.15, 0.2) is 0 Å². The van der Waals surface area contributed by atoms with Gasteiger partial charge in [-0.15, -0.1) is 11.3 Å². The lowest BCUT2D eigenvalue weighted by atomic mass is 9.98. The second-order valence-corrected chi connectivity index (χ2v) is 9.13. The van der Waals surface area contributed by atoms with Gasteiger partial charge in [-0.1, -0.05) is 30.3 Å². The number of nitrogens with zero attached hydrogens (tertiary/aromatic N) is 3. The summed E-state index contributed by atoms with van der Waals surface area (Å²) >= 11 is 1.53. The van der Waals surface area contributed by atoms with E-state index in [2.05, 4.69) is 0 Å². The van der Waals surface area contributed by atoms with E-state index in [4.69, 9.17) is 9.72 Å². The normalized spacial score (nSPS) is 17.6. The number of halogens is 3. The molecule has 1 fully saturated rings. The van der Waals surface area contributed by atoms with Crippen molar-refractivity contribution in [2.45, 2.75) is 44.4 Å². The Morgan fingerprint density at radius 1 is 1.03 bits per heavy atom. The van der Waals surface area contributed by atoms with E-state index in [1.165, 1.54) is 11.3 Å². The van der Waals surface area contributed by atoms with E-state index in [0.717, 1.165) is 38.9 Å². The van der Waals surface area contributed by atoms with Crippen LogP contribution in [-0.4, -0.2) is 59.1 Å². The van der Waals surface area contributed by atoms with Crippen molar-refractivity contribution in [2.75, 3.05) is 26.2 Å². The number of likely N-dealkylation sites (tertiary alicyclic amines) is 1. The number of benzene rings is 1. The number of fused-ring (bicyclic) bond motifs is 1. The molecule has 0 N–H and O–H groups in total. The lowest BCUT2D eigenvalue weighted by Gasteiger charge is -2.30. The molecule has 2 aromatic rings. The van der Waals surface area contributed by atoms with Crippen LogP contribution in [0.2, 0.25) is 0 Å². The van der Waals surface area contributed by atoms with Crippen LogP contribution < -0.4 is 0 Å². The van der Waals surface area contributed by atoms with Crippen molar-refractivity contribution in [3.63, 3.8) is 0 Å². The highest BCUT2D eigenvalue weighted by Crippen LogP contribution is 2.34. The molecule has 0 bridgehead atoms. The highest BCUT2D eigenvalue weighted by atomic mass is 32.1. The Morgan fingerprint density at radius 3 is 2.41 bits per heavy atom. The third-order valence-electron chi connectivity index (χ3n) is 5.86. The monoisotopic (exact) mass is 467 g/mol. The van der Waals surface area contributed by atoms with Crippen LogP contribution in [0, 0.1) is 0 Å². The number of thiazole rings is 1. The molecule has 1 saturated heterocycles. The Morgan fingerprint density at radius 2 is 1.72 bits per heavy atom. The SMILES string of the molecule is O=C(OCc1ccccc1)N1CCC(c2nc3c(s2)CCN(C(=O)C(F)(F)F)CC3)CC1. The number of aromatic nitrogens is 1. The molecule has 3 heterocycles. The van der Waals surface area contributed by atoms with E-state index in [9.17, 15) is 22.8 Å². The molecular weight excluding hydrogens is 443 g/mol. The molecule has 0 saturated carbocycles. The Bertz CT molecular complexity index is 931. The standard InChI is InChI=1S/C22H24F3N3O3S/c23-22(24,25)20(29)27-12-8-17-18(9-13-27)32-19(26-17)16-6-10-28(11-7-16)21(30)31-14-15-4-2-1-3-5-15/h1-5,16H,6-14H2. The second-order valence-electron chi connectivity index (χ2n) is 8.01. The van der Waals surface area contributed by atoms with Crippen LogP contribution >= 0.6 is 11.3 Å². The topological polar surface area (TPSA) is 62.7 Å². The quantitative estimate of drug-likeness (QED) is 0.681. The zero-order valence-electron chi connectivity index (χ0n) is 17.4. The number of piperidine rings is 1. The number of carbonyl (C=O) groups is 2. The lowest BCUT2D eigenvalue weighted by Crippen LogP contribution is -2.42. The minimum absolute atomic E-state index is 0.0280. The van der Waals surface area contributed by atoms with Crippen LogP contribution in [0.3, 0.4) is 0 Å². The Kier molecular flexibility index (Phi) is 6.68. The fourth-order valence-corrected chi connectivity index (χ4v) is 5.33. The average Bonchev–Trinajstić information content (AvgIpc) is 3.10. The summed E-state index contributed by atoms with van der Waals surface area (Å²) < 4.78 is 43.5. The maximum absolute atomic E-state index is 12.7. The van der Waals surface area contributed by atoms with Gasteiger partial charge in [0, 0.05) is 49.8 Å². The highest BCUT2D eigenvalue weighted by molar-refractivity contribution is 7.11. The van der Waals surface area contributed by atoms with Crippen molar-refractivity contribution in [3.05, 3.63) is 51.5 Å². The first-order valence-corrected chi connectivity index (χ1v) is 11.4. The largest absolute Gasteiger partial charge is 0.471 e. The molecule has 2 amide bonds. The molecule has 10 heteroatoms. The van der Waals surface area contributed by atoms with E-state index >= 15 is 0 Å². The van der Waals surface area contributed by atoms with Crippen molar-refractivity contribution < 1.29 is 27.5 Å². The zero-order chi connectivity index (χ0) is 22.7. The maximum atomic E-state index is 12.7. The summed E-state index contributed by atoms with van der Waals surface area (Å²) in [6.07, 6.45) is -2.90. The molecule has 172 valence electrons. The molecule has 1 aromatic carbocycles. The third-order valence-corrected chi connectivity index (χ3v) is 7.18. The summed E-state index contributed by atoms with van der Waals surface area (Å²) in [5.41, 5.74) is 1.74. The first-order chi connectivity index (χ1) is 15.3. The summed E-state index contributed by atoms with van der Waals surface area (Å²) in [4.78, 5) is 32.1. The number of alkyl halides is 3. The molecule has 6 nitrogen and oxygen atoms in total. The van der Waals surface area contributed by atoms with Gasteiger partial charge in [-0.2, -0.15) is 13.2 Å². The molecule has 0 radical (unpaired) electrons. The average molecular weight is 468 g/mol. The molecule has 0 atom stereocenters. The smallest absolute Gasteiger partial charge is 0.445 e. The second kappa shape index (κ2) is 9.48. The van der Waals surface area contributed by atoms with Gasteiger partial charge >= 0.3 is 18.2 Å². The van der Waals surface area contributed by atoms with E-state index in [1.807, 2.05) is 30.3 Å². The minimum atomic E-state index is -4.84. The number of rotatable bonds is 3. The van der Waals surface area contributed by atoms with Crippen LogP contribution in [0.4, 0.5) is 18.0 Å². The van der Waals surface area contributed by atoms with Crippen LogP contribution in [-0.2, 0) is 29.0 Å². The fourth-order valence-electron chi connectivity index (χ4n) is 4.06. The Balaban J connectivity index is 1.28. The van der Waals surface area contributed by atoms with Crippen LogP contribution in [0.1, 0.15) is 39.9 Å². The van der Waals surface area contributed by atoms with Crippen LogP contribution in [0.15, 0.2) is 30.3 Å². The van der Waals surface area contributed by atoms with Crippen molar-refractivity contribution >= 4 is 23.3 Å². The van der Waals surface area contributed by atoms with Crippen molar-refractivity contribution in [1.29, 1.82) is 0 Å². The molecule has 4 rings (SSSR count). The number of hydrogen-bond donors (Lipinski definition) is 0. The summed E-state index contributed by atoms with van der Waals surface area (Å²) in [6.45, 7) is 1.48. The van der Waals surface area contributed by atoms with Gasteiger partial charge in [0.05, 0.1) is 10.7 Å². The van der Waals surface area contributed by atoms with Gasteiger partial charge in [-0.3, -0.25) is 4.79 Å². The third kappa shape index (κ3) is 5.23. The van der Waals surface area contributed by atoms with E-state index in [1.54, 1.807) is 4.90 Å². The number of amides is 2. The van der Waals surface area contributed by atoms with Crippen molar-refractivity contribution in [1.82, 2.24) is 14.8 Å². The molecule has 2 aliphatic heterocycles. The minimum Gasteiger partial charge on any atom is -0.445 e. The molecule has 2 aliphatic rings. The van der Waals surface area contributed by atoms with E-state index in [-0.39, 0.29) is 31.7 Å². The van der Waals surface area contributed by atoms with Crippen LogP contribution in [0.5, 0.6) is 0 Å². The predicted molar refractivity (Wildman–Crippen MR) is 112 cm³/mol. The molecule has 32 heavy (non-hydrogen) atoms. The van der Waals surface area contributed by atoms with Crippen molar-refractivity contribution in [2.24, 2.45) is 0 Å². The van der Waals surface area contributed by atoms with Gasteiger partial charge in [-0.25, -0.2) is 9.78 Å². The summed E-state index contributed by atoms with van der Waals surface area (Å²) in [6, 6.07) is 9.52. The van der Waals surface area contributed by atoms with Gasteiger partial charge in [0.2, 0.25) is 0 Å². The summed E-state index contributed by atoms with van der Waals surface area (Å²) in [5, 5.41) is 0.975. The van der Waals surface area contributed by atoms with Gasteiger partial charge in [0.25, 0.3) is 0 Å². The molecule has 0 unspecified atom stereocenters. The maximum Gasteiger partial charge on any atom is 0.471 e. The number of carbonyl (C=O) groups excluding carboxylic acids is 2. The number of ether oxygens (including phenoxy) is 1. The highest BCUT2D eigenvalue weighted by Gasteiger charge is 2.42. The first kappa shape index (κ1) is 22.6. The first-order valence-electron chi connectivity index (χ1n) is 10.6. The summed E-state index contributed by atoms with van der Waals surface area (Å²) in [5.74, 6) is -1.56. The number of hydrogen-bond acceptors (Lipinski definition) is 5. The van der Waals surface area contributed by atoms with Gasteiger partial charge in [0.1, 0.15) is 6.61 Å². The molecule has 0 aliphatic carbocycles. The molecular formula is C22H24F3N3O3S. The summed E-state index contributed by atoms with van der Waals surface area (Å²) in [7, 11) is 0. The van der Waals surface area contributed by atoms with Crippen molar-refractivity contribution in [3.8, 4) is 0 Å². The van der Waals surface area contributed by atoms with Gasteiger partial charge < -0.3 is 14.5 Å². The van der Waals surface area contributed by atoms with Gasteiger partial charge in [-0.05, 0) is 18.4 Å². The Labute approximate surface area is 188 Å². The zero-order valence-corrected chi connectivity index (χ0v) is 18.3. The molecule has 1 aromatic heterocycles. The van der Waals surface area contributed by atoms with Crippen LogP contribution in [0.25, 0.3) is 0 Å². The fraction of sp³-hybridized carbons (Fsp3) is 0.500. The lowest BCUT2D eigenvalue weighted by molar-refractivity contribution is -0.185. The molecule has 0 spiro atoms. The Hall–Kier alpha value is -2.62. The predicted octanol–water partition coefficient (Wildman–Crippen LogP) is 4.15. The van der Waals surface area contributed by atoms with E-state index < -0.39 is 12.1 Å².